The molecule has 0 spiro atoms. The maximum atomic E-state index is 5.91. The molecule has 3 nitrogen and oxygen atoms in total. The number of hydrogen-bond donors (Lipinski definition) is 0. The Labute approximate surface area is 115 Å². The Morgan fingerprint density at radius 1 is 1.26 bits per heavy atom. The van der Waals surface area contributed by atoms with Gasteiger partial charge in [0, 0.05) is 13.2 Å². The molecule has 104 valence electrons. The van der Waals surface area contributed by atoms with E-state index < -0.39 is 0 Å². The van der Waals surface area contributed by atoms with Crippen LogP contribution >= 0.6 is 0 Å². The molecule has 3 heteroatoms. The lowest BCUT2D eigenvalue weighted by Crippen LogP contribution is -2.21. The predicted octanol–water partition coefficient (Wildman–Crippen LogP) is 3.53. The molecule has 1 aromatic rings. The Morgan fingerprint density at radius 3 is 2.74 bits per heavy atom. The summed E-state index contributed by atoms with van der Waals surface area (Å²) >= 11 is 0. The quantitative estimate of drug-likeness (QED) is 0.785. The second-order valence-electron chi connectivity index (χ2n) is 4.71. The van der Waals surface area contributed by atoms with Crippen LogP contribution in [0, 0.1) is 5.92 Å². The highest BCUT2D eigenvalue weighted by Gasteiger charge is 2.15. The number of benzene rings is 1. The van der Waals surface area contributed by atoms with Crippen molar-refractivity contribution in [3.63, 3.8) is 0 Å². The normalized spacial score (nSPS) is 16.1. The minimum Gasteiger partial charge on any atom is -0.490 e. The van der Waals surface area contributed by atoms with Gasteiger partial charge in [-0.15, -0.1) is 0 Å². The van der Waals surface area contributed by atoms with Crippen molar-refractivity contribution in [1.82, 2.24) is 0 Å². The van der Waals surface area contributed by atoms with Crippen LogP contribution in [0.1, 0.15) is 25.3 Å². The number of hydrogen-bond acceptors (Lipinski definition) is 3. The SMILES string of the molecule is C=Cc1ccc(OCC2CCOCC2)c(OCC)c1. The zero-order valence-corrected chi connectivity index (χ0v) is 11.6. The first-order valence-corrected chi connectivity index (χ1v) is 6.93. The van der Waals surface area contributed by atoms with Gasteiger partial charge in [0.15, 0.2) is 11.5 Å². The largest absolute Gasteiger partial charge is 0.490 e. The van der Waals surface area contributed by atoms with E-state index in [0.29, 0.717) is 12.5 Å². The van der Waals surface area contributed by atoms with Gasteiger partial charge < -0.3 is 14.2 Å². The minimum absolute atomic E-state index is 0.585. The molecule has 0 saturated carbocycles. The fourth-order valence-corrected chi connectivity index (χ4v) is 2.16. The molecule has 2 rings (SSSR count). The topological polar surface area (TPSA) is 27.7 Å². The van der Waals surface area contributed by atoms with Crippen molar-refractivity contribution < 1.29 is 14.2 Å². The van der Waals surface area contributed by atoms with E-state index in [1.165, 1.54) is 0 Å². The average Bonchev–Trinajstić information content (AvgIpc) is 2.47. The first kappa shape index (κ1) is 13.9. The molecule has 1 fully saturated rings. The first-order chi connectivity index (χ1) is 9.33. The molecule has 1 aliphatic rings. The maximum Gasteiger partial charge on any atom is 0.161 e. The summed E-state index contributed by atoms with van der Waals surface area (Å²) in [6.07, 6.45) is 3.97. The van der Waals surface area contributed by atoms with E-state index in [0.717, 1.165) is 49.7 Å². The predicted molar refractivity (Wildman–Crippen MR) is 76.7 cm³/mol. The molecule has 1 saturated heterocycles. The summed E-state index contributed by atoms with van der Waals surface area (Å²) in [5, 5.41) is 0. The molecule has 0 bridgehead atoms. The molecule has 0 aromatic heterocycles. The maximum absolute atomic E-state index is 5.91. The van der Waals surface area contributed by atoms with Crippen LogP contribution in [0.5, 0.6) is 11.5 Å². The van der Waals surface area contributed by atoms with Crippen molar-refractivity contribution in [3.05, 3.63) is 30.3 Å². The van der Waals surface area contributed by atoms with E-state index in [-0.39, 0.29) is 0 Å². The Hall–Kier alpha value is -1.48. The molecule has 19 heavy (non-hydrogen) atoms. The fourth-order valence-electron chi connectivity index (χ4n) is 2.16. The zero-order valence-electron chi connectivity index (χ0n) is 11.6. The van der Waals surface area contributed by atoms with E-state index in [9.17, 15) is 0 Å². The third kappa shape index (κ3) is 4.00. The van der Waals surface area contributed by atoms with Crippen molar-refractivity contribution in [2.75, 3.05) is 26.4 Å². The van der Waals surface area contributed by atoms with Crippen LogP contribution in [-0.4, -0.2) is 26.4 Å². The Bertz CT molecular complexity index is 408. The molecule has 1 heterocycles. The fraction of sp³-hybridized carbons (Fsp3) is 0.500. The van der Waals surface area contributed by atoms with Crippen molar-refractivity contribution in [2.45, 2.75) is 19.8 Å². The van der Waals surface area contributed by atoms with Crippen molar-refractivity contribution >= 4 is 6.08 Å². The molecular formula is C16H22O3. The van der Waals surface area contributed by atoms with Crippen LogP contribution in [0.4, 0.5) is 0 Å². The second kappa shape index (κ2) is 7.19. The first-order valence-electron chi connectivity index (χ1n) is 6.93. The molecule has 0 atom stereocenters. The summed E-state index contributed by atoms with van der Waals surface area (Å²) in [7, 11) is 0. The van der Waals surface area contributed by atoms with Gasteiger partial charge in [0.1, 0.15) is 0 Å². The lowest BCUT2D eigenvalue weighted by molar-refractivity contribution is 0.0492. The molecule has 1 aromatic carbocycles. The Kier molecular flexibility index (Phi) is 5.28. The second-order valence-corrected chi connectivity index (χ2v) is 4.71. The van der Waals surface area contributed by atoms with Crippen molar-refractivity contribution in [1.29, 1.82) is 0 Å². The monoisotopic (exact) mass is 262 g/mol. The van der Waals surface area contributed by atoms with Gasteiger partial charge >= 0.3 is 0 Å². The number of ether oxygens (including phenoxy) is 3. The third-order valence-electron chi connectivity index (χ3n) is 3.32. The highest BCUT2D eigenvalue weighted by Crippen LogP contribution is 2.30. The van der Waals surface area contributed by atoms with E-state index in [1.54, 1.807) is 0 Å². The van der Waals surface area contributed by atoms with Gasteiger partial charge in [-0.1, -0.05) is 18.7 Å². The third-order valence-corrected chi connectivity index (χ3v) is 3.32. The van der Waals surface area contributed by atoms with Gasteiger partial charge in [0.2, 0.25) is 0 Å². The Morgan fingerprint density at radius 2 is 2.05 bits per heavy atom. The van der Waals surface area contributed by atoms with Crippen LogP contribution in [0.25, 0.3) is 6.08 Å². The summed E-state index contributed by atoms with van der Waals surface area (Å²) < 4.78 is 16.9. The average molecular weight is 262 g/mol. The summed E-state index contributed by atoms with van der Waals surface area (Å²) in [5.74, 6) is 2.20. The van der Waals surface area contributed by atoms with Gasteiger partial charge in [0.05, 0.1) is 13.2 Å². The summed E-state index contributed by atoms with van der Waals surface area (Å²) in [5.41, 5.74) is 1.04. The zero-order chi connectivity index (χ0) is 13.5. The van der Waals surface area contributed by atoms with E-state index in [1.807, 2.05) is 31.2 Å². The van der Waals surface area contributed by atoms with E-state index in [2.05, 4.69) is 6.58 Å². The lowest BCUT2D eigenvalue weighted by atomic mass is 10.0. The minimum atomic E-state index is 0.585. The van der Waals surface area contributed by atoms with E-state index in [4.69, 9.17) is 14.2 Å². The van der Waals surface area contributed by atoms with Gasteiger partial charge in [-0.05, 0) is 43.4 Å². The Balaban J connectivity index is 1.99. The summed E-state index contributed by atoms with van der Waals surface area (Å²) in [6.45, 7) is 8.81. The smallest absolute Gasteiger partial charge is 0.161 e. The van der Waals surface area contributed by atoms with Gasteiger partial charge in [-0.3, -0.25) is 0 Å². The van der Waals surface area contributed by atoms with Crippen molar-refractivity contribution in [2.24, 2.45) is 5.92 Å². The summed E-state index contributed by atoms with van der Waals surface area (Å²) in [4.78, 5) is 0. The molecular weight excluding hydrogens is 240 g/mol. The molecule has 0 radical (unpaired) electrons. The standard InChI is InChI=1S/C16H22O3/c1-3-13-5-6-15(16(11-13)18-4-2)19-12-14-7-9-17-10-8-14/h3,5-6,11,14H,1,4,7-10,12H2,2H3. The summed E-state index contributed by atoms with van der Waals surface area (Å²) in [6, 6.07) is 5.92. The van der Waals surface area contributed by atoms with Crippen LogP contribution in [0.2, 0.25) is 0 Å². The van der Waals surface area contributed by atoms with Gasteiger partial charge in [-0.2, -0.15) is 0 Å². The molecule has 0 amide bonds. The molecule has 0 unspecified atom stereocenters. The van der Waals surface area contributed by atoms with Crippen LogP contribution in [0.15, 0.2) is 24.8 Å². The highest BCUT2D eigenvalue weighted by atomic mass is 16.5. The van der Waals surface area contributed by atoms with Gasteiger partial charge in [0.25, 0.3) is 0 Å². The van der Waals surface area contributed by atoms with E-state index >= 15 is 0 Å². The molecule has 0 aliphatic carbocycles. The van der Waals surface area contributed by atoms with Crippen LogP contribution in [-0.2, 0) is 4.74 Å². The number of rotatable bonds is 6. The molecule has 1 aliphatic heterocycles. The van der Waals surface area contributed by atoms with Crippen LogP contribution in [0.3, 0.4) is 0 Å². The lowest BCUT2D eigenvalue weighted by Gasteiger charge is -2.22. The molecule has 0 N–H and O–H groups in total. The van der Waals surface area contributed by atoms with Crippen molar-refractivity contribution in [3.8, 4) is 11.5 Å². The van der Waals surface area contributed by atoms with Gasteiger partial charge in [-0.25, -0.2) is 0 Å². The highest BCUT2D eigenvalue weighted by molar-refractivity contribution is 5.54. The van der Waals surface area contributed by atoms with Crippen LogP contribution < -0.4 is 9.47 Å².